The molecule has 1 unspecified atom stereocenters. The number of halogens is 2. The van der Waals surface area contributed by atoms with Crippen LogP contribution in [0.5, 0.6) is 11.5 Å². The monoisotopic (exact) mass is 324 g/mol. The SMILES string of the molecule is CCCNC(C)c1ccc(Oc2cncc(Cl)c2)c(Cl)c1. The van der Waals surface area contributed by atoms with E-state index in [9.17, 15) is 0 Å². The Kier molecular flexibility index (Phi) is 5.85. The van der Waals surface area contributed by atoms with Crippen molar-refractivity contribution in [1.82, 2.24) is 10.3 Å². The van der Waals surface area contributed by atoms with E-state index in [1.165, 1.54) is 0 Å². The average molecular weight is 325 g/mol. The van der Waals surface area contributed by atoms with E-state index in [0.29, 0.717) is 21.5 Å². The van der Waals surface area contributed by atoms with Crippen LogP contribution in [0.15, 0.2) is 36.7 Å². The highest BCUT2D eigenvalue weighted by Gasteiger charge is 2.09. The lowest BCUT2D eigenvalue weighted by Crippen LogP contribution is -2.19. The average Bonchev–Trinajstić information content (AvgIpc) is 2.47. The smallest absolute Gasteiger partial charge is 0.147 e. The van der Waals surface area contributed by atoms with Gasteiger partial charge in [0.25, 0.3) is 0 Å². The van der Waals surface area contributed by atoms with Crippen LogP contribution < -0.4 is 10.1 Å². The summed E-state index contributed by atoms with van der Waals surface area (Å²) in [7, 11) is 0. The number of nitrogens with zero attached hydrogens (tertiary/aromatic N) is 1. The number of ether oxygens (including phenoxy) is 1. The van der Waals surface area contributed by atoms with E-state index < -0.39 is 0 Å². The molecule has 1 heterocycles. The Morgan fingerprint density at radius 2 is 2.05 bits per heavy atom. The van der Waals surface area contributed by atoms with Crippen LogP contribution in [0, 0.1) is 0 Å². The molecule has 0 fully saturated rings. The molecule has 5 heteroatoms. The third-order valence-electron chi connectivity index (χ3n) is 3.06. The Hall–Kier alpha value is -1.29. The van der Waals surface area contributed by atoms with Crippen LogP contribution in [0.2, 0.25) is 10.0 Å². The van der Waals surface area contributed by atoms with Gasteiger partial charge in [0.05, 0.1) is 16.2 Å². The number of hydrogen-bond acceptors (Lipinski definition) is 3. The maximum atomic E-state index is 6.29. The zero-order valence-electron chi connectivity index (χ0n) is 12.1. The second-order valence-electron chi connectivity index (χ2n) is 4.81. The van der Waals surface area contributed by atoms with Gasteiger partial charge in [0, 0.05) is 18.3 Å². The van der Waals surface area contributed by atoms with Crippen LogP contribution in [0.4, 0.5) is 0 Å². The number of pyridine rings is 1. The first-order valence-electron chi connectivity index (χ1n) is 6.91. The van der Waals surface area contributed by atoms with Crippen molar-refractivity contribution in [2.24, 2.45) is 0 Å². The number of aromatic nitrogens is 1. The Morgan fingerprint density at radius 3 is 2.71 bits per heavy atom. The van der Waals surface area contributed by atoms with Gasteiger partial charge < -0.3 is 10.1 Å². The molecular weight excluding hydrogens is 307 g/mol. The summed E-state index contributed by atoms with van der Waals surface area (Å²) >= 11 is 12.2. The topological polar surface area (TPSA) is 34.1 Å². The van der Waals surface area contributed by atoms with Crippen molar-refractivity contribution in [2.45, 2.75) is 26.3 Å². The van der Waals surface area contributed by atoms with Crippen molar-refractivity contribution in [3.63, 3.8) is 0 Å². The fourth-order valence-electron chi connectivity index (χ4n) is 1.92. The predicted octanol–water partition coefficient (Wildman–Crippen LogP) is 5.24. The lowest BCUT2D eigenvalue weighted by atomic mass is 10.1. The molecule has 0 aliphatic heterocycles. The Bertz CT molecular complexity index is 605. The summed E-state index contributed by atoms with van der Waals surface area (Å²) in [5.74, 6) is 1.15. The molecule has 3 nitrogen and oxygen atoms in total. The van der Waals surface area contributed by atoms with E-state index in [1.54, 1.807) is 18.5 Å². The van der Waals surface area contributed by atoms with E-state index in [1.807, 2.05) is 18.2 Å². The first kappa shape index (κ1) is 16.1. The van der Waals surface area contributed by atoms with Crippen molar-refractivity contribution in [2.75, 3.05) is 6.54 Å². The molecule has 2 aromatic rings. The molecule has 1 N–H and O–H groups in total. The van der Waals surface area contributed by atoms with E-state index in [0.717, 1.165) is 18.5 Å². The van der Waals surface area contributed by atoms with E-state index >= 15 is 0 Å². The highest BCUT2D eigenvalue weighted by Crippen LogP contribution is 2.32. The van der Waals surface area contributed by atoms with Crippen molar-refractivity contribution < 1.29 is 4.74 Å². The fourth-order valence-corrected chi connectivity index (χ4v) is 2.31. The quantitative estimate of drug-likeness (QED) is 0.788. The maximum Gasteiger partial charge on any atom is 0.147 e. The molecule has 0 radical (unpaired) electrons. The number of hydrogen-bond donors (Lipinski definition) is 1. The first-order valence-corrected chi connectivity index (χ1v) is 7.67. The van der Waals surface area contributed by atoms with E-state index in [2.05, 4.69) is 24.1 Å². The van der Waals surface area contributed by atoms with Crippen molar-refractivity contribution in [3.8, 4) is 11.5 Å². The van der Waals surface area contributed by atoms with Crippen LogP contribution >= 0.6 is 23.2 Å². The largest absolute Gasteiger partial charge is 0.454 e. The van der Waals surface area contributed by atoms with Gasteiger partial charge in [0.1, 0.15) is 11.5 Å². The van der Waals surface area contributed by atoms with Crippen LogP contribution in [0.1, 0.15) is 31.9 Å². The lowest BCUT2D eigenvalue weighted by molar-refractivity contribution is 0.479. The van der Waals surface area contributed by atoms with Gasteiger partial charge in [-0.1, -0.05) is 36.2 Å². The molecule has 1 aromatic heterocycles. The van der Waals surface area contributed by atoms with Gasteiger partial charge in [-0.2, -0.15) is 0 Å². The molecule has 0 spiro atoms. The molecular formula is C16H18Cl2N2O. The van der Waals surface area contributed by atoms with Crippen molar-refractivity contribution >= 4 is 23.2 Å². The number of rotatable bonds is 6. The second kappa shape index (κ2) is 7.64. The minimum absolute atomic E-state index is 0.254. The third kappa shape index (κ3) is 4.60. The zero-order valence-corrected chi connectivity index (χ0v) is 13.6. The highest BCUT2D eigenvalue weighted by molar-refractivity contribution is 6.32. The first-order chi connectivity index (χ1) is 10.1. The predicted molar refractivity (Wildman–Crippen MR) is 87.5 cm³/mol. The third-order valence-corrected chi connectivity index (χ3v) is 3.57. The molecule has 112 valence electrons. The number of benzene rings is 1. The normalized spacial score (nSPS) is 12.2. The Labute approximate surface area is 135 Å². The molecule has 1 aromatic carbocycles. The summed E-state index contributed by atoms with van der Waals surface area (Å²) in [5, 5.41) is 4.52. The van der Waals surface area contributed by atoms with Crippen LogP contribution in [0.25, 0.3) is 0 Å². The molecule has 0 amide bonds. The van der Waals surface area contributed by atoms with Gasteiger partial charge in [0.2, 0.25) is 0 Å². The summed E-state index contributed by atoms with van der Waals surface area (Å²) in [6, 6.07) is 7.74. The molecule has 0 saturated heterocycles. The standard InChI is InChI=1S/C16H18Cl2N2O/c1-3-6-20-11(2)12-4-5-16(15(18)7-12)21-14-8-13(17)9-19-10-14/h4-5,7-11,20H,3,6H2,1-2H3. The molecule has 0 bridgehead atoms. The molecule has 0 saturated carbocycles. The van der Waals surface area contributed by atoms with Gasteiger partial charge in [-0.05, 0) is 37.6 Å². The minimum Gasteiger partial charge on any atom is -0.454 e. The van der Waals surface area contributed by atoms with E-state index in [4.69, 9.17) is 27.9 Å². The molecule has 0 aliphatic rings. The summed E-state index contributed by atoms with van der Waals surface area (Å²) in [6.07, 6.45) is 4.25. The second-order valence-corrected chi connectivity index (χ2v) is 5.65. The van der Waals surface area contributed by atoms with E-state index in [-0.39, 0.29) is 6.04 Å². The lowest BCUT2D eigenvalue weighted by Gasteiger charge is -2.15. The molecule has 21 heavy (non-hydrogen) atoms. The van der Waals surface area contributed by atoms with Gasteiger partial charge in [-0.3, -0.25) is 4.98 Å². The maximum absolute atomic E-state index is 6.29. The minimum atomic E-state index is 0.254. The summed E-state index contributed by atoms with van der Waals surface area (Å²) in [4.78, 5) is 3.98. The number of nitrogens with one attached hydrogen (secondary N) is 1. The highest BCUT2D eigenvalue weighted by atomic mass is 35.5. The van der Waals surface area contributed by atoms with Gasteiger partial charge in [-0.25, -0.2) is 0 Å². The van der Waals surface area contributed by atoms with Gasteiger partial charge in [-0.15, -0.1) is 0 Å². The van der Waals surface area contributed by atoms with Crippen LogP contribution in [0.3, 0.4) is 0 Å². The zero-order chi connectivity index (χ0) is 15.2. The molecule has 1 atom stereocenters. The summed E-state index contributed by atoms with van der Waals surface area (Å²) < 4.78 is 5.71. The Morgan fingerprint density at radius 1 is 1.24 bits per heavy atom. The van der Waals surface area contributed by atoms with Gasteiger partial charge in [0.15, 0.2) is 0 Å². The van der Waals surface area contributed by atoms with Crippen molar-refractivity contribution in [3.05, 3.63) is 52.3 Å². The summed E-state index contributed by atoms with van der Waals surface area (Å²) in [6.45, 7) is 5.23. The van der Waals surface area contributed by atoms with Gasteiger partial charge >= 0.3 is 0 Å². The molecule has 0 aliphatic carbocycles. The van der Waals surface area contributed by atoms with Crippen LogP contribution in [-0.4, -0.2) is 11.5 Å². The summed E-state index contributed by atoms with van der Waals surface area (Å²) in [5.41, 5.74) is 1.13. The fraction of sp³-hybridized carbons (Fsp3) is 0.312. The molecule has 2 rings (SSSR count). The van der Waals surface area contributed by atoms with Crippen molar-refractivity contribution in [1.29, 1.82) is 0 Å². The van der Waals surface area contributed by atoms with Crippen LogP contribution in [-0.2, 0) is 0 Å². The Balaban J connectivity index is 2.12.